The Morgan fingerprint density at radius 2 is 1.96 bits per heavy atom. The van der Waals surface area contributed by atoms with E-state index in [0.717, 1.165) is 51.4 Å². The van der Waals surface area contributed by atoms with E-state index in [1.54, 1.807) is 14.2 Å². The van der Waals surface area contributed by atoms with Crippen molar-refractivity contribution in [3.8, 4) is 0 Å². The largest absolute Gasteiger partial charge is 0.358 e. The summed E-state index contributed by atoms with van der Waals surface area (Å²) in [5, 5.41) is 0. The summed E-state index contributed by atoms with van der Waals surface area (Å²) >= 11 is 0. The van der Waals surface area contributed by atoms with Crippen molar-refractivity contribution in [2.45, 2.75) is 75.3 Å². The number of fused-ring (bicyclic) bond motifs is 3. The van der Waals surface area contributed by atoms with Gasteiger partial charge in [-0.3, -0.25) is 4.79 Å². The number of epoxide rings is 1. The highest BCUT2D eigenvalue weighted by Crippen LogP contribution is 2.72. The van der Waals surface area contributed by atoms with E-state index < -0.39 is 5.79 Å². The molecule has 4 heteroatoms. The molecule has 0 radical (unpaired) electrons. The molecule has 0 aromatic carbocycles. The summed E-state index contributed by atoms with van der Waals surface area (Å²) in [5.41, 5.74) is 1.24. The first-order valence-corrected chi connectivity index (χ1v) is 9.49. The van der Waals surface area contributed by atoms with Gasteiger partial charge in [-0.2, -0.15) is 0 Å². The van der Waals surface area contributed by atoms with Crippen LogP contribution in [0.3, 0.4) is 0 Å². The van der Waals surface area contributed by atoms with E-state index in [4.69, 9.17) is 14.2 Å². The zero-order valence-corrected chi connectivity index (χ0v) is 15.0. The smallest absolute Gasteiger partial charge is 0.170 e. The van der Waals surface area contributed by atoms with E-state index in [1.807, 2.05) is 0 Å². The number of Topliss-reactive ketones (excluding diaryl/α,β-unsaturated/α-hetero) is 1. The zero-order valence-electron chi connectivity index (χ0n) is 15.0. The van der Waals surface area contributed by atoms with Gasteiger partial charge >= 0.3 is 0 Å². The normalized spacial score (nSPS) is 51.1. The molecule has 5 aliphatic rings. The standard InChI is InChI=1S/C20H28O4/c1-17-8-7-15-13(14(17)4-5-16(17)21)6-9-18-12-19(22-2,23-3)10-11-20(15,18)24-18/h7,13-14H,4-6,8-12H2,1-3H3/t13-,14-,17-,18+,20+/m0/s1. The van der Waals surface area contributed by atoms with Gasteiger partial charge in [0.25, 0.3) is 0 Å². The van der Waals surface area contributed by atoms with E-state index in [0.29, 0.717) is 17.6 Å². The lowest BCUT2D eigenvalue weighted by Gasteiger charge is -2.49. The predicted octanol–water partition coefficient (Wildman–Crippen LogP) is 3.39. The number of ketones is 1. The molecule has 4 fully saturated rings. The molecule has 4 nitrogen and oxygen atoms in total. The van der Waals surface area contributed by atoms with Gasteiger partial charge in [0, 0.05) is 38.9 Å². The van der Waals surface area contributed by atoms with E-state index in [-0.39, 0.29) is 16.6 Å². The predicted molar refractivity (Wildman–Crippen MR) is 88.4 cm³/mol. The molecule has 0 bridgehead atoms. The molecule has 5 atom stereocenters. The maximum Gasteiger partial charge on any atom is 0.170 e. The minimum Gasteiger partial charge on any atom is -0.358 e. The molecule has 4 aliphatic carbocycles. The van der Waals surface area contributed by atoms with Gasteiger partial charge in [0.15, 0.2) is 5.79 Å². The van der Waals surface area contributed by atoms with Gasteiger partial charge < -0.3 is 14.2 Å². The minimum atomic E-state index is -0.486. The number of hydrogen-bond donors (Lipinski definition) is 0. The van der Waals surface area contributed by atoms with E-state index >= 15 is 0 Å². The highest BCUT2D eigenvalue weighted by molar-refractivity contribution is 5.87. The molecule has 0 aromatic heterocycles. The van der Waals surface area contributed by atoms with Crippen molar-refractivity contribution in [3.63, 3.8) is 0 Å². The van der Waals surface area contributed by atoms with E-state index in [1.165, 1.54) is 5.57 Å². The zero-order chi connectivity index (χ0) is 16.8. The van der Waals surface area contributed by atoms with Crippen LogP contribution in [0.1, 0.15) is 58.3 Å². The molecular formula is C20H28O4. The summed E-state index contributed by atoms with van der Waals surface area (Å²) in [7, 11) is 3.49. The van der Waals surface area contributed by atoms with Gasteiger partial charge in [0.05, 0.1) is 0 Å². The second-order valence-electron chi connectivity index (χ2n) is 8.91. The quantitative estimate of drug-likeness (QED) is 0.442. The number of hydrogen-bond acceptors (Lipinski definition) is 4. The van der Waals surface area contributed by atoms with Crippen LogP contribution in [-0.4, -0.2) is 37.0 Å². The van der Waals surface area contributed by atoms with Crippen molar-refractivity contribution < 1.29 is 19.0 Å². The molecular weight excluding hydrogens is 304 g/mol. The summed E-state index contributed by atoms with van der Waals surface area (Å²) in [5.74, 6) is 1.07. The van der Waals surface area contributed by atoms with Gasteiger partial charge in [-0.05, 0) is 49.5 Å². The second-order valence-corrected chi connectivity index (χ2v) is 8.91. The van der Waals surface area contributed by atoms with Gasteiger partial charge in [0.2, 0.25) is 0 Å². The highest BCUT2D eigenvalue weighted by Gasteiger charge is 2.78. The monoisotopic (exact) mass is 332 g/mol. The molecule has 5 rings (SSSR count). The van der Waals surface area contributed by atoms with Crippen LogP contribution in [0.4, 0.5) is 0 Å². The Balaban J connectivity index is 1.50. The van der Waals surface area contributed by atoms with Crippen molar-refractivity contribution in [2.24, 2.45) is 17.3 Å². The first kappa shape index (κ1) is 15.5. The first-order valence-electron chi connectivity index (χ1n) is 9.49. The van der Waals surface area contributed by atoms with Crippen molar-refractivity contribution in [2.75, 3.05) is 14.2 Å². The molecule has 1 saturated heterocycles. The Kier molecular flexibility index (Phi) is 2.92. The molecule has 1 aliphatic heterocycles. The van der Waals surface area contributed by atoms with Crippen LogP contribution >= 0.6 is 0 Å². The molecule has 1 heterocycles. The SMILES string of the molecule is COC1(OC)CC[C@]23O[C@]2(CC[C@@H]2C3=CC[C@]3(C)C(=O)CC[C@@H]23)C1. The van der Waals surface area contributed by atoms with Gasteiger partial charge in [-0.1, -0.05) is 13.0 Å². The lowest BCUT2D eigenvalue weighted by Crippen LogP contribution is -2.52. The lowest BCUT2D eigenvalue weighted by molar-refractivity contribution is -0.229. The summed E-state index contributed by atoms with van der Waals surface area (Å²) in [6.45, 7) is 2.20. The topological polar surface area (TPSA) is 48.1 Å². The summed E-state index contributed by atoms with van der Waals surface area (Å²) < 4.78 is 18.0. The lowest BCUT2D eigenvalue weighted by atomic mass is 9.54. The van der Waals surface area contributed by atoms with Gasteiger partial charge in [-0.15, -0.1) is 0 Å². The average Bonchev–Trinajstić information content (AvgIpc) is 3.19. The summed E-state index contributed by atoms with van der Waals surface area (Å²) in [6, 6.07) is 0. The first-order chi connectivity index (χ1) is 11.4. The van der Waals surface area contributed by atoms with Gasteiger partial charge in [-0.25, -0.2) is 0 Å². The Morgan fingerprint density at radius 3 is 2.71 bits per heavy atom. The van der Waals surface area contributed by atoms with Crippen LogP contribution in [0.25, 0.3) is 0 Å². The molecule has 0 spiro atoms. The maximum atomic E-state index is 12.4. The van der Waals surface area contributed by atoms with E-state index in [2.05, 4.69) is 13.0 Å². The molecule has 0 amide bonds. The van der Waals surface area contributed by atoms with Crippen LogP contribution in [0.2, 0.25) is 0 Å². The van der Waals surface area contributed by atoms with Gasteiger partial charge in [0.1, 0.15) is 17.0 Å². The average molecular weight is 332 g/mol. The summed E-state index contributed by atoms with van der Waals surface area (Å²) in [4.78, 5) is 12.4. The number of methoxy groups -OCH3 is 2. The molecule has 0 aromatic rings. The number of carbonyl (C=O) groups is 1. The molecule has 24 heavy (non-hydrogen) atoms. The van der Waals surface area contributed by atoms with Crippen molar-refractivity contribution in [1.29, 1.82) is 0 Å². The fourth-order valence-corrected chi connectivity index (χ4v) is 6.80. The Bertz CT molecular complexity index is 636. The Hall–Kier alpha value is -0.710. The van der Waals surface area contributed by atoms with Crippen LogP contribution in [0.15, 0.2) is 11.6 Å². The van der Waals surface area contributed by atoms with Crippen molar-refractivity contribution in [3.05, 3.63) is 11.6 Å². The van der Waals surface area contributed by atoms with Crippen molar-refractivity contribution >= 4 is 5.78 Å². The maximum absolute atomic E-state index is 12.4. The molecule has 0 N–H and O–H groups in total. The second kappa shape index (κ2) is 4.52. The fraction of sp³-hybridized carbons (Fsp3) is 0.850. The van der Waals surface area contributed by atoms with Crippen LogP contribution in [0, 0.1) is 17.3 Å². The Morgan fingerprint density at radius 1 is 1.17 bits per heavy atom. The molecule has 132 valence electrons. The number of ether oxygens (including phenoxy) is 3. The summed E-state index contributed by atoms with van der Waals surface area (Å²) in [6.07, 6.45) is 10.0. The van der Waals surface area contributed by atoms with Crippen LogP contribution in [-0.2, 0) is 19.0 Å². The minimum absolute atomic E-state index is 0.0799. The van der Waals surface area contributed by atoms with Crippen LogP contribution < -0.4 is 0 Å². The van der Waals surface area contributed by atoms with E-state index in [9.17, 15) is 4.79 Å². The fourth-order valence-electron chi connectivity index (χ4n) is 6.80. The molecule has 0 unspecified atom stereocenters. The third kappa shape index (κ3) is 1.59. The van der Waals surface area contributed by atoms with Crippen LogP contribution in [0.5, 0.6) is 0 Å². The number of carbonyl (C=O) groups excluding carboxylic acids is 1. The molecule has 3 saturated carbocycles. The highest BCUT2D eigenvalue weighted by atomic mass is 16.7. The number of rotatable bonds is 2. The van der Waals surface area contributed by atoms with Crippen molar-refractivity contribution in [1.82, 2.24) is 0 Å². The third-order valence-electron chi connectivity index (χ3n) is 8.32. The Labute approximate surface area is 143 Å². The number of allylic oxidation sites excluding steroid dienone is 1. The third-order valence-corrected chi connectivity index (χ3v) is 8.32.